The lowest BCUT2D eigenvalue weighted by Gasteiger charge is -2.27. The number of carbonyl (C=O) groups is 2. The summed E-state index contributed by atoms with van der Waals surface area (Å²) in [7, 11) is 1.37. The fourth-order valence-electron chi connectivity index (χ4n) is 8.38. The van der Waals surface area contributed by atoms with Gasteiger partial charge in [-0.15, -0.1) is 0 Å². The zero-order valence-corrected chi connectivity index (χ0v) is 28.3. The first-order chi connectivity index (χ1) is 22.0. The van der Waals surface area contributed by atoms with E-state index in [1.165, 1.54) is 29.5 Å². The van der Waals surface area contributed by atoms with Gasteiger partial charge in [0.25, 0.3) is 0 Å². The van der Waals surface area contributed by atoms with Crippen LogP contribution in [-0.4, -0.2) is 46.8 Å². The minimum absolute atomic E-state index is 0.0399. The van der Waals surface area contributed by atoms with Crippen LogP contribution >= 0.6 is 0 Å². The largest absolute Gasteiger partial charge is 0.468 e. The van der Waals surface area contributed by atoms with E-state index in [9.17, 15) is 14.7 Å². The van der Waals surface area contributed by atoms with Crippen LogP contribution in [0.4, 0.5) is 0 Å². The number of ether oxygens (including phenoxy) is 2. The van der Waals surface area contributed by atoms with Gasteiger partial charge in [0, 0.05) is 63.0 Å². The average molecular weight is 629 g/mol. The van der Waals surface area contributed by atoms with Gasteiger partial charge in [-0.25, -0.2) is 0 Å². The molecule has 1 fully saturated rings. The van der Waals surface area contributed by atoms with Crippen LogP contribution in [0.2, 0.25) is 0 Å². The molecule has 1 saturated heterocycles. The molecule has 9 heteroatoms. The molecule has 6 rings (SSSR count). The van der Waals surface area contributed by atoms with Gasteiger partial charge in [-0.05, 0) is 98.9 Å². The molecule has 0 aromatic carbocycles. The molecule has 1 unspecified atom stereocenters. The van der Waals surface area contributed by atoms with Gasteiger partial charge in [-0.1, -0.05) is 20.8 Å². The molecule has 9 nitrogen and oxygen atoms in total. The Morgan fingerprint density at radius 1 is 0.978 bits per heavy atom. The first-order valence-electron chi connectivity index (χ1n) is 16.8. The molecule has 8 bridgehead atoms. The van der Waals surface area contributed by atoms with Crippen LogP contribution in [0, 0.1) is 37.5 Å². The van der Waals surface area contributed by atoms with Gasteiger partial charge in [-0.3, -0.25) is 9.59 Å². The highest BCUT2D eigenvalue weighted by molar-refractivity contribution is 5.88. The van der Waals surface area contributed by atoms with Crippen molar-refractivity contribution in [2.75, 3.05) is 13.7 Å². The van der Waals surface area contributed by atoms with Crippen LogP contribution in [-0.2, 0) is 25.5 Å². The molecule has 246 valence electrons. The summed E-state index contributed by atoms with van der Waals surface area (Å²) >= 11 is 0. The molecule has 2 aromatic rings. The van der Waals surface area contributed by atoms with Crippen LogP contribution in [0.5, 0.6) is 0 Å². The smallest absolute Gasteiger partial charge is 0.315 e. The first-order valence-corrected chi connectivity index (χ1v) is 16.8. The number of hydrogen-bond acceptors (Lipinski definition) is 7. The van der Waals surface area contributed by atoms with Crippen LogP contribution in [0.3, 0.4) is 0 Å². The van der Waals surface area contributed by atoms with Crippen molar-refractivity contribution < 1.29 is 24.2 Å². The zero-order valence-electron chi connectivity index (χ0n) is 28.3. The number of esters is 2. The Labute approximate surface area is 270 Å². The lowest BCUT2D eigenvalue weighted by atomic mass is 9.80. The van der Waals surface area contributed by atoms with Crippen molar-refractivity contribution in [1.29, 1.82) is 0 Å². The number of allylic oxidation sites excluding steroid dienone is 3. The SMILES string of the molecule is CCOC(=O)CC[C@@H]1C2N/C(=C\C3=C(C)[C@@H](CC)/C(=C/c4[nH]c(c(CC)c4C)/C=c4\[nH]c5c(c4C)[C@H](O)[C@H](C(=O)OC)C=52)N3)[C@H]1C. The highest BCUT2D eigenvalue weighted by Gasteiger charge is 2.49. The first kappa shape index (κ1) is 32.0. The van der Waals surface area contributed by atoms with Gasteiger partial charge < -0.3 is 35.2 Å². The van der Waals surface area contributed by atoms with Crippen molar-refractivity contribution in [3.8, 4) is 0 Å². The number of methoxy groups -OCH3 is 1. The summed E-state index contributed by atoms with van der Waals surface area (Å²) in [6, 6.07) is -0.320. The molecule has 5 N–H and O–H groups in total. The van der Waals surface area contributed by atoms with Crippen LogP contribution in [0.25, 0.3) is 17.7 Å². The summed E-state index contributed by atoms with van der Waals surface area (Å²) in [5, 5.41) is 21.0. The van der Waals surface area contributed by atoms with Crippen molar-refractivity contribution in [2.24, 2.45) is 23.7 Å². The number of carbonyl (C=O) groups excluding carboxylic acids is 2. The number of hydrogen-bond donors (Lipinski definition) is 5. The molecule has 1 aliphatic carbocycles. The van der Waals surface area contributed by atoms with E-state index < -0.39 is 18.0 Å². The molecule has 0 spiro atoms. The highest BCUT2D eigenvalue weighted by atomic mass is 16.5. The number of nitrogens with one attached hydrogen (secondary N) is 4. The summed E-state index contributed by atoms with van der Waals surface area (Å²) in [4.78, 5) is 33.3. The molecular formula is C37H48N4O5. The second-order valence-corrected chi connectivity index (χ2v) is 13.2. The summed E-state index contributed by atoms with van der Waals surface area (Å²) in [5.74, 6) is -1.32. The topological polar surface area (TPSA) is 128 Å². The van der Waals surface area contributed by atoms with Gasteiger partial charge in [0.2, 0.25) is 0 Å². The standard InChI is InChI=1S/C37H48N4O5/c1-9-21-17(4)24-14-26-19(6)23(12-13-30(42)46-11-3)34(40-26)32-33(37(44)45-8)36(43)31-20(7)27(41-35(31)32)16-29-22(10-2)18(5)25(39-29)15-28(21)38-24/h14-16,19,21,23,33-34,36,38-41,43H,9-13H2,1-8H3/b26-14-,27-16-,28-15-/t19-,21+,23-,33+,34?,36-/m0/s1. The number of aliphatic hydroxyl groups excluding tert-OH is 1. The third kappa shape index (κ3) is 5.03. The molecule has 0 radical (unpaired) electrons. The average Bonchev–Trinajstić information content (AvgIpc) is 3.77. The molecule has 0 saturated carbocycles. The fourth-order valence-corrected chi connectivity index (χ4v) is 8.38. The summed E-state index contributed by atoms with van der Waals surface area (Å²) in [6.07, 6.45) is 8.20. The number of aromatic nitrogens is 2. The van der Waals surface area contributed by atoms with E-state index in [2.05, 4.69) is 73.4 Å². The number of fused-ring (bicyclic) bond motifs is 8. The molecule has 46 heavy (non-hydrogen) atoms. The van der Waals surface area contributed by atoms with Crippen molar-refractivity contribution in [1.82, 2.24) is 20.6 Å². The maximum Gasteiger partial charge on any atom is 0.315 e. The van der Waals surface area contributed by atoms with E-state index in [1.807, 2.05) is 13.8 Å². The lowest BCUT2D eigenvalue weighted by molar-refractivity contribution is -0.147. The molecular weight excluding hydrogens is 580 g/mol. The molecule has 0 amide bonds. The predicted octanol–water partition coefficient (Wildman–Crippen LogP) is 4.05. The van der Waals surface area contributed by atoms with Crippen LogP contribution in [0.1, 0.15) is 93.6 Å². The Morgan fingerprint density at radius 3 is 2.41 bits per heavy atom. The summed E-state index contributed by atoms with van der Waals surface area (Å²) in [5.41, 5.74) is 11.5. The van der Waals surface area contributed by atoms with Crippen molar-refractivity contribution >= 4 is 29.7 Å². The molecule has 3 aliphatic heterocycles. The van der Waals surface area contributed by atoms with Crippen molar-refractivity contribution in [2.45, 2.75) is 86.3 Å². The summed E-state index contributed by atoms with van der Waals surface area (Å²) < 4.78 is 10.6. The van der Waals surface area contributed by atoms with Gasteiger partial charge in [-0.2, -0.15) is 0 Å². The monoisotopic (exact) mass is 628 g/mol. The van der Waals surface area contributed by atoms with Gasteiger partial charge in [0.15, 0.2) is 0 Å². The third-order valence-electron chi connectivity index (χ3n) is 10.9. The van der Waals surface area contributed by atoms with Crippen LogP contribution in [0.15, 0.2) is 28.7 Å². The van der Waals surface area contributed by atoms with E-state index >= 15 is 0 Å². The Kier molecular flexibility index (Phi) is 8.57. The van der Waals surface area contributed by atoms with Crippen molar-refractivity contribution in [3.05, 3.63) is 73.1 Å². The second-order valence-electron chi connectivity index (χ2n) is 13.2. The maximum atomic E-state index is 13.4. The Bertz CT molecular complexity index is 1800. The number of aromatic amines is 2. The minimum Gasteiger partial charge on any atom is -0.468 e. The number of H-pyrrole nitrogens is 2. The molecule has 6 atom stereocenters. The zero-order chi connectivity index (χ0) is 33.0. The minimum atomic E-state index is -1.06. The highest BCUT2D eigenvalue weighted by Crippen LogP contribution is 2.45. The fraction of sp³-hybridized carbons (Fsp3) is 0.514. The van der Waals surface area contributed by atoms with E-state index in [1.54, 1.807) is 0 Å². The summed E-state index contributed by atoms with van der Waals surface area (Å²) in [6.45, 7) is 15.1. The van der Waals surface area contributed by atoms with Gasteiger partial charge >= 0.3 is 11.9 Å². The second kappa shape index (κ2) is 12.3. The lowest BCUT2D eigenvalue weighted by Crippen LogP contribution is -2.37. The van der Waals surface area contributed by atoms with Gasteiger partial charge in [0.05, 0.1) is 25.9 Å². The van der Waals surface area contributed by atoms with E-state index in [4.69, 9.17) is 9.47 Å². The Hall–Kier alpha value is -3.98. The van der Waals surface area contributed by atoms with Gasteiger partial charge in [0.1, 0.15) is 5.92 Å². The Morgan fingerprint density at radius 2 is 1.74 bits per heavy atom. The normalized spacial score (nSPS) is 29.3. The third-order valence-corrected chi connectivity index (χ3v) is 10.9. The Balaban J connectivity index is 1.64. The van der Waals surface area contributed by atoms with E-state index in [-0.39, 0.29) is 36.2 Å². The maximum absolute atomic E-state index is 13.4. The van der Waals surface area contributed by atoms with E-state index in [0.29, 0.717) is 13.0 Å². The van der Waals surface area contributed by atoms with E-state index in [0.717, 1.165) is 63.0 Å². The number of rotatable bonds is 7. The predicted molar refractivity (Wildman–Crippen MR) is 178 cm³/mol. The van der Waals surface area contributed by atoms with Crippen LogP contribution < -0.4 is 21.3 Å². The molecule has 5 heterocycles. The molecule has 4 aliphatic rings. The quantitative estimate of drug-likeness (QED) is 0.293. The number of aliphatic hydroxyl groups is 1. The molecule has 2 aromatic heterocycles. The van der Waals surface area contributed by atoms with Crippen molar-refractivity contribution in [3.63, 3.8) is 0 Å².